The summed E-state index contributed by atoms with van der Waals surface area (Å²) in [4.78, 5) is 31.4. The van der Waals surface area contributed by atoms with Crippen molar-refractivity contribution in [1.82, 2.24) is 14.9 Å². The van der Waals surface area contributed by atoms with Crippen LogP contribution in [0.1, 0.15) is 13.3 Å². The maximum Gasteiger partial charge on any atom is 0.263 e. The number of rotatable bonds is 8. The Bertz CT molecular complexity index is 974. The Morgan fingerprint density at radius 3 is 3.00 bits per heavy atom. The Balaban J connectivity index is 1.99. The molecule has 0 aromatic carbocycles. The molecule has 0 aliphatic rings. The fourth-order valence-electron chi connectivity index (χ4n) is 2.46. The third-order valence-corrected chi connectivity index (χ3v) is 6.41. The zero-order valence-electron chi connectivity index (χ0n) is 14.4. The maximum absolute atomic E-state index is 13.1. The normalized spacial score (nSPS) is 11.0. The number of nitrogens with one attached hydrogen (secondary N) is 1. The van der Waals surface area contributed by atoms with Crippen LogP contribution in [0.3, 0.4) is 0 Å². The highest BCUT2D eigenvalue weighted by Gasteiger charge is 2.18. The standard InChI is InChI=1S/C18H19N3O2S3/c1-3-7-19-14(22)11-26-18-20-16-15(17(23)21(18)8-4-2)12(10-25-16)13-6-5-9-24-13/h4-6,9-10H,2-3,7-8,11H2,1H3,(H,19,22). The number of aromatic nitrogens is 2. The highest BCUT2D eigenvalue weighted by molar-refractivity contribution is 7.99. The molecule has 8 heteroatoms. The van der Waals surface area contributed by atoms with Crippen molar-refractivity contribution in [1.29, 1.82) is 0 Å². The minimum Gasteiger partial charge on any atom is -0.355 e. The van der Waals surface area contributed by atoms with Crippen molar-refractivity contribution in [3.8, 4) is 10.4 Å². The highest BCUT2D eigenvalue weighted by Crippen LogP contribution is 2.34. The molecule has 0 aliphatic carbocycles. The zero-order valence-corrected chi connectivity index (χ0v) is 16.8. The van der Waals surface area contributed by atoms with Crippen molar-refractivity contribution in [2.75, 3.05) is 12.3 Å². The Morgan fingerprint density at radius 2 is 2.31 bits per heavy atom. The molecule has 5 nitrogen and oxygen atoms in total. The Morgan fingerprint density at radius 1 is 1.46 bits per heavy atom. The van der Waals surface area contributed by atoms with E-state index in [0.717, 1.165) is 16.9 Å². The summed E-state index contributed by atoms with van der Waals surface area (Å²) in [6, 6.07) is 3.97. The summed E-state index contributed by atoms with van der Waals surface area (Å²) in [5, 5.41) is 8.00. The molecule has 3 rings (SSSR count). The third-order valence-electron chi connectivity index (χ3n) is 3.66. The van der Waals surface area contributed by atoms with Crippen LogP contribution >= 0.6 is 34.4 Å². The van der Waals surface area contributed by atoms with Gasteiger partial charge in [0.25, 0.3) is 5.56 Å². The zero-order chi connectivity index (χ0) is 18.5. The molecule has 3 aromatic heterocycles. The number of allylic oxidation sites excluding steroid dienone is 1. The van der Waals surface area contributed by atoms with Crippen LogP contribution in [-0.2, 0) is 11.3 Å². The first-order valence-corrected chi connectivity index (χ1v) is 11.0. The Hall–Kier alpha value is -1.90. The van der Waals surface area contributed by atoms with E-state index in [1.807, 2.05) is 29.8 Å². The fourth-order valence-corrected chi connectivity index (χ4v) is 5.11. The average Bonchev–Trinajstić information content (AvgIpc) is 3.30. The minimum atomic E-state index is -0.0870. The van der Waals surface area contributed by atoms with Crippen molar-refractivity contribution < 1.29 is 4.79 Å². The Labute approximate surface area is 163 Å². The van der Waals surface area contributed by atoms with E-state index in [9.17, 15) is 9.59 Å². The second-order valence-corrected chi connectivity index (χ2v) is 8.29. The molecular weight excluding hydrogens is 386 g/mol. The van der Waals surface area contributed by atoms with Crippen molar-refractivity contribution in [2.45, 2.75) is 25.0 Å². The van der Waals surface area contributed by atoms with Gasteiger partial charge in [0.1, 0.15) is 4.83 Å². The second-order valence-electron chi connectivity index (χ2n) is 5.54. The van der Waals surface area contributed by atoms with Crippen molar-refractivity contribution in [3.05, 3.63) is 45.9 Å². The molecule has 0 saturated heterocycles. The molecule has 1 N–H and O–H groups in total. The molecule has 0 radical (unpaired) electrons. The highest BCUT2D eigenvalue weighted by atomic mass is 32.2. The first-order valence-electron chi connectivity index (χ1n) is 8.22. The number of thioether (sulfide) groups is 1. The van der Waals surface area contributed by atoms with Crippen LogP contribution in [-0.4, -0.2) is 27.8 Å². The second kappa shape index (κ2) is 8.66. The summed E-state index contributed by atoms with van der Waals surface area (Å²) in [5.41, 5.74) is 0.837. The van der Waals surface area contributed by atoms with Gasteiger partial charge in [0.2, 0.25) is 5.91 Å². The van der Waals surface area contributed by atoms with Gasteiger partial charge >= 0.3 is 0 Å². The van der Waals surface area contributed by atoms with E-state index in [0.29, 0.717) is 28.5 Å². The van der Waals surface area contributed by atoms with Crippen LogP contribution in [0.4, 0.5) is 0 Å². The first kappa shape index (κ1) is 18.9. The van der Waals surface area contributed by atoms with Crippen LogP contribution in [0.15, 0.2) is 45.5 Å². The summed E-state index contributed by atoms with van der Waals surface area (Å²) in [7, 11) is 0. The van der Waals surface area contributed by atoms with E-state index in [1.54, 1.807) is 22.0 Å². The molecule has 0 fully saturated rings. The number of carbonyl (C=O) groups is 1. The number of hydrogen-bond acceptors (Lipinski definition) is 6. The number of amides is 1. The smallest absolute Gasteiger partial charge is 0.263 e. The molecule has 0 unspecified atom stereocenters. The SMILES string of the molecule is C=CCn1c(SCC(=O)NCCC)nc2scc(-c3cccs3)c2c1=O. The lowest BCUT2D eigenvalue weighted by atomic mass is 10.2. The summed E-state index contributed by atoms with van der Waals surface area (Å²) in [6.45, 7) is 6.76. The van der Waals surface area contributed by atoms with E-state index in [1.165, 1.54) is 23.1 Å². The molecule has 3 heterocycles. The summed E-state index contributed by atoms with van der Waals surface area (Å²) >= 11 is 4.34. The maximum atomic E-state index is 13.1. The van der Waals surface area contributed by atoms with Gasteiger partial charge in [0.05, 0.1) is 11.1 Å². The molecule has 0 saturated carbocycles. The van der Waals surface area contributed by atoms with Crippen molar-refractivity contribution >= 4 is 50.6 Å². The number of hydrogen-bond donors (Lipinski definition) is 1. The molecule has 136 valence electrons. The third kappa shape index (κ3) is 3.92. The van der Waals surface area contributed by atoms with Crippen LogP contribution in [0, 0.1) is 0 Å². The topological polar surface area (TPSA) is 64.0 Å². The lowest BCUT2D eigenvalue weighted by Gasteiger charge is -2.10. The largest absolute Gasteiger partial charge is 0.355 e. The van der Waals surface area contributed by atoms with Gasteiger partial charge in [-0.3, -0.25) is 14.2 Å². The van der Waals surface area contributed by atoms with Gasteiger partial charge in [0, 0.05) is 28.9 Å². The van der Waals surface area contributed by atoms with Crippen LogP contribution < -0.4 is 10.9 Å². The predicted molar refractivity (Wildman–Crippen MR) is 111 cm³/mol. The molecule has 0 bridgehead atoms. The van der Waals surface area contributed by atoms with E-state index in [-0.39, 0.29) is 17.2 Å². The van der Waals surface area contributed by atoms with E-state index >= 15 is 0 Å². The number of nitrogens with zero attached hydrogens (tertiary/aromatic N) is 2. The lowest BCUT2D eigenvalue weighted by Crippen LogP contribution is -2.27. The van der Waals surface area contributed by atoms with Crippen LogP contribution in [0.5, 0.6) is 0 Å². The summed E-state index contributed by atoms with van der Waals surface area (Å²) in [6.07, 6.45) is 2.57. The van der Waals surface area contributed by atoms with E-state index in [4.69, 9.17) is 0 Å². The average molecular weight is 406 g/mol. The molecule has 0 spiro atoms. The molecule has 0 atom stereocenters. The Kier molecular flexibility index (Phi) is 6.29. The fraction of sp³-hybridized carbons (Fsp3) is 0.278. The number of thiophene rings is 2. The number of carbonyl (C=O) groups excluding carboxylic acids is 1. The first-order chi connectivity index (χ1) is 12.7. The minimum absolute atomic E-state index is 0.0539. The quantitative estimate of drug-likeness (QED) is 0.350. The summed E-state index contributed by atoms with van der Waals surface area (Å²) < 4.78 is 1.59. The van der Waals surface area contributed by atoms with Crippen LogP contribution in [0.2, 0.25) is 0 Å². The van der Waals surface area contributed by atoms with Gasteiger partial charge in [-0.05, 0) is 17.9 Å². The van der Waals surface area contributed by atoms with Gasteiger partial charge < -0.3 is 5.32 Å². The molecular formula is C18H19N3O2S3. The molecule has 0 aliphatic heterocycles. The lowest BCUT2D eigenvalue weighted by molar-refractivity contribution is -0.118. The number of fused-ring (bicyclic) bond motifs is 1. The van der Waals surface area contributed by atoms with E-state index in [2.05, 4.69) is 16.9 Å². The summed E-state index contributed by atoms with van der Waals surface area (Å²) in [5.74, 6) is 0.180. The van der Waals surface area contributed by atoms with Gasteiger partial charge in [-0.25, -0.2) is 4.98 Å². The van der Waals surface area contributed by atoms with Gasteiger partial charge in [-0.1, -0.05) is 30.8 Å². The monoisotopic (exact) mass is 405 g/mol. The van der Waals surface area contributed by atoms with Gasteiger partial charge in [0.15, 0.2) is 5.16 Å². The van der Waals surface area contributed by atoms with Gasteiger partial charge in [-0.2, -0.15) is 0 Å². The van der Waals surface area contributed by atoms with Crippen molar-refractivity contribution in [2.24, 2.45) is 0 Å². The molecule has 1 amide bonds. The van der Waals surface area contributed by atoms with Crippen molar-refractivity contribution in [3.63, 3.8) is 0 Å². The predicted octanol–water partition coefficient (Wildman–Crippen LogP) is 3.99. The molecule has 26 heavy (non-hydrogen) atoms. The van der Waals surface area contributed by atoms with E-state index < -0.39 is 0 Å². The van der Waals surface area contributed by atoms with Crippen LogP contribution in [0.25, 0.3) is 20.7 Å². The molecule has 3 aromatic rings. The van der Waals surface area contributed by atoms with Gasteiger partial charge in [-0.15, -0.1) is 29.3 Å².